The Morgan fingerprint density at radius 1 is 1.15 bits per heavy atom. The molecule has 1 N–H and O–H groups in total. The molecule has 1 aliphatic rings. The van der Waals surface area contributed by atoms with E-state index in [0.29, 0.717) is 44.0 Å². The number of nitrogens with one attached hydrogen (secondary N) is 1. The molecule has 1 fully saturated rings. The lowest BCUT2D eigenvalue weighted by atomic mass is 9.74. The predicted octanol–water partition coefficient (Wildman–Crippen LogP) is 2.61. The highest BCUT2D eigenvalue weighted by Crippen LogP contribution is 2.36. The van der Waals surface area contributed by atoms with Gasteiger partial charge in [0.2, 0.25) is 0 Å². The Kier molecular flexibility index (Phi) is 8.69. The molecule has 0 aromatic heterocycles. The molecule has 0 heterocycles. The van der Waals surface area contributed by atoms with E-state index in [1.165, 1.54) is 19.3 Å². The average molecular weight is 287 g/mol. The van der Waals surface area contributed by atoms with Gasteiger partial charge in [-0.3, -0.25) is 0 Å². The first-order valence-corrected chi connectivity index (χ1v) is 8.00. The van der Waals surface area contributed by atoms with Gasteiger partial charge in [-0.2, -0.15) is 0 Å². The van der Waals surface area contributed by atoms with Crippen molar-refractivity contribution in [1.82, 2.24) is 5.32 Å². The van der Waals surface area contributed by atoms with E-state index in [1.54, 1.807) is 7.11 Å². The van der Waals surface area contributed by atoms with Crippen LogP contribution in [0.2, 0.25) is 0 Å². The minimum Gasteiger partial charge on any atom is -0.382 e. The van der Waals surface area contributed by atoms with Crippen LogP contribution in [0.15, 0.2) is 0 Å². The Labute approximate surface area is 124 Å². The van der Waals surface area contributed by atoms with Crippen molar-refractivity contribution in [2.24, 2.45) is 5.41 Å². The van der Waals surface area contributed by atoms with Gasteiger partial charge in [0.1, 0.15) is 0 Å². The van der Waals surface area contributed by atoms with Gasteiger partial charge < -0.3 is 19.5 Å². The van der Waals surface area contributed by atoms with E-state index in [9.17, 15) is 0 Å². The normalized spacial score (nSPS) is 25.8. The smallest absolute Gasteiger partial charge is 0.0734 e. The maximum Gasteiger partial charge on any atom is 0.0734 e. The van der Waals surface area contributed by atoms with E-state index >= 15 is 0 Å². The zero-order chi connectivity index (χ0) is 14.8. The lowest BCUT2D eigenvalue weighted by molar-refractivity contribution is -0.0527. The maximum atomic E-state index is 6.08. The summed E-state index contributed by atoms with van der Waals surface area (Å²) >= 11 is 0. The van der Waals surface area contributed by atoms with Crippen molar-refractivity contribution >= 4 is 0 Å². The molecule has 1 saturated carbocycles. The van der Waals surface area contributed by atoms with E-state index in [2.05, 4.69) is 26.1 Å². The topological polar surface area (TPSA) is 39.7 Å². The summed E-state index contributed by atoms with van der Waals surface area (Å²) in [5, 5.41) is 3.63. The van der Waals surface area contributed by atoms with Crippen LogP contribution in [0.25, 0.3) is 0 Å². The molecule has 120 valence electrons. The molecule has 1 aliphatic carbocycles. The molecule has 0 aromatic rings. The van der Waals surface area contributed by atoms with Crippen LogP contribution in [-0.2, 0) is 14.2 Å². The summed E-state index contributed by atoms with van der Waals surface area (Å²) in [6, 6.07) is 0.502. The number of rotatable bonds is 10. The van der Waals surface area contributed by atoms with Gasteiger partial charge in [0.05, 0.1) is 32.5 Å². The predicted molar refractivity (Wildman–Crippen MR) is 82.1 cm³/mol. The van der Waals surface area contributed by atoms with Crippen LogP contribution in [-0.4, -0.2) is 52.2 Å². The maximum absolute atomic E-state index is 6.08. The zero-order valence-electron chi connectivity index (χ0n) is 13.7. The molecule has 2 unspecified atom stereocenters. The molecule has 0 aromatic carbocycles. The third kappa shape index (κ3) is 7.02. The Bertz CT molecular complexity index is 246. The molecule has 4 heteroatoms. The Hall–Kier alpha value is -0.160. The van der Waals surface area contributed by atoms with Crippen LogP contribution < -0.4 is 5.32 Å². The summed E-state index contributed by atoms with van der Waals surface area (Å²) in [7, 11) is 1.69. The highest BCUT2D eigenvalue weighted by molar-refractivity contribution is 4.89. The number of hydrogen-bond donors (Lipinski definition) is 1. The van der Waals surface area contributed by atoms with Crippen molar-refractivity contribution in [2.45, 2.75) is 58.6 Å². The van der Waals surface area contributed by atoms with Crippen LogP contribution in [0, 0.1) is 5.41 Å². The van der Waals surface area contributed by atoms with Crippen LogP contribution in [0.3, 0.4) is 0 Å². The summed E-state index contributed by atoms with van der Waals surface area (Å²) in [5.41, 5.74) is 0.395. The molecule has 0 saturated heterocycles. The number of methoxy groups -OCH3 is 1. The Morgan fingerprint density at radius 2 is 1.90 bits per heavy atom. The van der Waals surface area contributed by atoms with Crippen molar-refractivity contribution in [3.05, 3.63) is 0 Å². The van der Waals surface area contributed by atoms with Crippen molar-refractivity contribution in [2.75, 3.05) is 40.1 Å². The SMILES string of the molecule is CCCNC1CCC(C)(C)CC1OCCOCCOC. The molecule has 0 aliphatic heterocycles. The van der Waals surface area contributed by atoms with Gasteiger partial charge in [0.25, 0.3) is 0 Å². The van der Waals surface area contributed by atoms with Gasteiger partial charge in [0.15, 0.2) is 0 Å². The van der Waals surface area contributed by atoms with Crippen molar-refractivity contribution < 1.29 is 14.2 Å². The van der Waals surface area contributed by atoms with Crippen LogP contribution in [0.5, 0.6) is 0 Å². The van der Waals surface area contributed by atoms with E-state index in [-0.39, 0.29) is 0 Å². The fourth-order valence-corrected chi connectivity index (χ4v) is 2.76. The molecule has 1 rings (SSSR count). The molecule has 4 nitrogen and oxygen atoms in total. The quantitative estimate of drug-likeness (QED) is 0.627. The summed E-state index contributed by atoms with van der Waals surface area (Å²) in [5.74, 6) is 0. The minimum absolute atomic E-state index is 0.316. The summed E-state index contributed by atoms with van der Waals surface area (Å²) in [4.78, 5) is 0. The molecule has 0 spiro atoms. The lowest BCUT2D eigenvalue weighted by Gasteiger charge is -2.41. The summed E-state index contributed by atoms with van der Waals surface area (Å²) in [6.45, 7) is 10.6. The molecule has 0 amide bonds. The molecular formula is C16H33NO3. The Morgan fingerprint density at radius 3 is 2.60 bits per heavy atom. The average Bonchev–Trinajstić information content (AvgIpc) is 2.41. The largest absolute Gasteiger partial charge is 0.382 e. The molecule has 2 atom stereocenters. The van der Waals surface area contributed by atoms with E-state index in [4.69, 9.17) is 14.2 Å². The van der Waals surface area contributed by atoms with Gasteiger partial charge in [-0.25, -0.2) is 0 Å². The Balaban J connectivity index is 2.28. The standard InChI is InChI=1S/C16H33NO3/c1-5-8-17-14-6-7-16(2,3)13-15(14)20-12-11-19-10-9-18-4/h14-15,17H,5-13H2,1-4H3. The number of hydrogen-bond acceptors (Lipinski definition) is 4. The fraction of sp³-hybridized carbons (Fsp3) is 1.00. The van der Waals surface area contributed by atoms with E-state index in [1.807, 2.05) is 0 Å². The van der Waals surface area contributed by atoms with Crippen molar-refractivity contribution in [3.63, 3.8) is 0 Å². The highest BCUT2D eigenvalue weighted by atomic mass is 16.5. The third-order valence-corrected chi connectivity index (χ3v) is 3.98. The number of ether oxygens (including phenoxy) is 3. The van der Waals surface area contributed by atoms with E-state index < -0.39 is 0 Å². The second-order valence-electron chi connectivity index (χ2n) is 6.48. The molecule has 0 bridgehead atoms. The second-order valence-corrected chi connectivity index (χ2v) is 6.48. The minimum atomic E-state index is 0.316. The van der Waals surface area contributed by atoms with E-state index in [0.717, 1.165) is 13.0 Å². The molecule has 0 radical (unpaired) electrons. The van der Waals surface area contributed by atoms with Gasteiger partial charge >= 0.3 is 0 Å². The monoisotopic (exact) mass is 287 g/mol. The van der Waals surface area contributed by atoms with Gasteiger partial charge in [-0.15, -0.1) is 0 Å². The fourth-order valence-electron chi connectivity index (χ4n) is 2.76. The molecule has 20 heavy (non-hydrogen) atoms. The van der Waals surface area contributed by atoms with Crippen molar-refractivity contribution in [1.29, 1.82) is 0 Å². The van der Waals surface area contributed by atoms with Crippen molar-refractivity contribution in [3.8, 4) is 0 Å². The molecular weight excluding hydrogens is 254 g/mol. The first-order chi connectivity index (χ1) is 9.59. The van der Waals surface area contributed by atoms with Gasteiger partial charge in [0, 0.05) is 13.2 Å². The first kappa shape index (κ1) is 17.9. The zero-order valence-corrected chi connectivity index (χ0v) is 13.7. The first-order valence-electron chi connectivity index (χ1n) is 8.00. The van der Waals surface area contributed by atoms with Gasteiger partial charge in [-0.05, 0) is 37.6 Å². The second kappa shape index (κ2) is 9.72. The third-order valence-electron chi connectivity index (χ3n) is 3.98. The summed E-state index contributed by atoms with van der Waals surface area (Å²) in [6.07, 6.45) is 5.11. The lowest BCUT2D eigenvalue weighted by Crippen LogP contribution is -2.48. The van der Waals surface area contributed by atoms with Gasteiger partial charge in [-0.1, -0.05) is 20.8 Å². The van der Waals surface area contributed by atoms with Crippen LogP contribution in [0.4, 0.5) is 0 Å². The summed E-state index contributed by atoms with van der Waals surface area (Å²) < 4.78 is 16.5. The van der Waals surface area contributed by atoms with Crippen LogP contribution in [0.1, 0.15) is 46.5 Å². The highest BCUT2D eigenvalue weighted by Gasteiger charge is 2.35. The van der Waals surface area contributed by atoms with Crippen LogP contribution >= 0.6 is 0 Å².